The molecule has 0 unspecified atom stereocenters. The second kappa shape index (κ2) is 10.4. The number of nitrogens with one attached hydrogen (secondary N) is 3. The fraction of sp³-hybridized carbons (Fsp3) is 0.500. The molecule has 1 aromatic heterocycles. The summed E-state index contributed by atoms with van der Waals surface area (Å²) < 4.78 is 96.6. The maximum absolute atomic E-state index is 15.1. The minimum atomic E-state index is -4.32. The Balaban J connectivity index is 1.49. The third kappa shape index (κ3) is 5.43. The number of halogens is 5. The van der Waals surface area contributed by atoms with E-state index in [0.717, 1.165) is 23.1 Å². The lowest BCUT2D eigenvalue weighted by atomic mass is 9.71. The Bertz CT molecular complexity index is 1520. The molecule has 5 atom stereocenters. The molecule has 1 saturated carbocycles. The molecule has 2 aromatic rings. The Hall–Kier alpha value is -3.49. The van der Waals surface area contributed by atoms with Gasteiger partial charge in [0.1, 0.15) is 23.4 Å². The molecule has 2 bridgehead atoms. The first-order valence-corrected chi connectivity index (χ1v) is 14.9. The van der Waals surface area contributed by atoms with Crippen LogP contribution in [0.15, 0.2) is 29.4 Å². The number of hydrogen-bond donors (Lipinski definition) is 3. The highest BCUT2D eigenvalue weighted by Crippen LogP contribution is 2.49. The Morgan fingerprint density at radius 2 is 1.90 bits per heavy atom. The Labute approximate surface area is 231 Å². The van der Waals surface area contributed by atoms with Crippen LogP contribution in [0.25, 0.3) is 10.9 Å². The summed E-state index contributed by atoms with van der Waals surface area (Å²) in [7, 11) is -4.32. The number of piperidine rings is 2. The summed E-state index contributed by atoms with van der Waals surface area (Å²) in [6, 6.07) is -1.48. The topological polar surface area (TPSA) is 128 Å². The molecule has 1 aromatic carbocycles. The zero-order valence-electron chi connectivity index (χ0n) is 21.7. The van der Waals surface area contributed by atoms with Crippen LogP contribution < -0.4 is 10.6 Å². The maximum atomic E-state index is 15.1. The standard InChI is InChI=1S/C26H27F5N4O5S/c1-41(39,40)20(29)9-13(8-12-6-7-32-23(12)36)33-24(37)22-16-3-2-14(11-26(16,30)31)35(22)25(38)19-10-15-17(27)4-5-18(28)21(15)34-19/h4-5,9-10,12-14,16,22,34H,2-3,6-8,11H2,1H3,(H,32,36)(H,33,37)/b20-9-/t12-,13+,14-,16-,22+/m0/s1. The van der Waals surface area contributed by atoms with Crippen LogP contribution in [0.2, 0.25) is 0 Å². The van der Waals surface area contributed by atoms with Gasteiger partial charge in [0.25, 0.3) is 11.8 Å². The van der Waals surface area contributed by atoms with Gasteiger partial charge in [-0.25, -0.2) is 26.0 Å². The van der Waals surface area contributed by atoms with Crippen LogP contribution in [0, 0.1) is 23.5 Å². The number of H-pyrrole nitrogens is 1. The van der Waals surface area contributed by atoms with Crippen LogP contribution in [0.5, 0.6) is 0 Å². The average molecular weight is 603 g/mol. The molecule has 9 nitrogen and oxygen atoms in total. The molecule has 3 amide bonds. The van der Waals surface area contributed by atoms with Crippen molar-refractivity contribution in [3.63, 3.8) is 0 Å². The first kappa shape index (κ1) is 29.0. The first-order chi connectivity index (χ1) is 19.2. The fourth-order valence-corrected chi connectivity index (χ4v) is 6.51. The van der Waals surface area contributed by atoms with Gasteiger partial charge in [0.2, 0.25) is 26.8 Å². The molecular formula is C26H27F5N4O5S. The second-order valence-electron chi connectivity index (χ2n) is 10.8. The van der Waals surface area contributed by atoms with Gasteiger partial charge in [-0.05, 0) is 50.0 Å². The second-order valence-corrected chi connectivity index (χ2v) is 12.8. The van der Waals surface area contributed by atoms with Crippen molar-refractivity contribution in [2.24, 2.45) is 11.8 Å². The van der Waals surface area contributed by atoms with Crippen LogP contribution >= 0.6 is 0 Å². The lowest BCUT2D eigenvalue weighted by molar-refractivity contribution is -0.179. The largest absolute Gasteiger partial charge is 0.356 e. The minimum Gasteiger partial charge on any atom is -0.356 e. The van der Waals surface area contributed by atoms with Crippen LogP contribution in [0.1, 0.15) is 42.6 Å². The number of carbonyl (C=O) groups is 3. The van der Waals surface area contributed by atoms with E-state index in [1.54, 1.807) is 0 Å². The van der Waals surface area contributed by atoms with E-state index in [1.165, 1.54) is 0 Å². The molecule has 222 valence electrons. The minimum absolute atomic E-state index is 0.112. The van der Waals surface area contributed by atoms with Crippen LogP contribution in [-0.4, -0.2) is 72.9 Å². The smallest absolute Gasteiger partial charge is 0.271 e. The summed E-state index contributed by atoms with van der Waals surface area (Å²) in [5.41, 5.74) is -0.627. The van der Waals surface area contributed by atoms with Gasteiger partial charge in [0.05, 0.1) is 17.5 Å². The van der Waals surface area contributed by atoms with Crippen molar-refractivity contribution in [2.75, 3.05) is 12.8 Å². The molecule has 4 fully saturated rings. The molecule has 3 saturated heterocycles. The molecule has 3 N–H and O–H groups in total. The average Bonchev–Trinajstić information content (AvgIpc) is 3.52. The van der Waals surface area contributed by atoms with E-state index in [0.29, 0.717) is 25.3 Å². The Kier molecular flexibility index (Phi) is 7.37. The van der Waals surface area contributed by atoms with Gasteiger partial charge in [-0.3, -0.25) is 14.4 Å². The number of benzene rings is 1. The summed E-state index contributed by atoms with van der Waals surface area (Å²) in [4.78, 5) is 42.8. The van der Waals surface area contributed by atoms with Crippen molar-refractivity contribution < 1.29 is 44.8 Å². The maximum Gasteiger partial charge on any atom is 0.271 e. The number of sulfone groups is 1. The van der Waals surface area contributed by atoms with E-state index in [-0.39, 0.29) is 35.9 Å². The van der Waals surface area contributed by atoms with Crippen LogP contribution in [0.3, 0.4) is 0 Å². The molecule has 3 aliphatic heterocycles. The summed E-state index contributed by atoms with van der Waals surface area (Å²) in [5, 5.41) is 3.14. The number of aromatic amines is 1. The highest BCUT2D eigenvalue weighted by atomic mass is 32.2. The van der Waals surface area contributed by atoms with E-state index in [2.05, 4.69) is 15.6 Å². The van der Waals surface area contributed by atoms with Gasteiger partial charge in [-0.2, -0.15) is 4.39 Å². The number of aromatic nitrogens is 1. The van der Waals surface area contributed by atoms with Crippen molar-refractivity contribution >= 4 is 38.5 Å². The number of nitrogens with zero attached hydrogens (tertiary/aromatic N) is 1. The number of alkyl halides is 2. The zero-order valence-corrected chi connectivity index (χ0v) is 22.5. The van der Waals surface area contributed by atoms with Crippen molar-refractivity contribution in [3.8, 4) is 0 Å². The molecule has 0 radical (unpaired) electrons. The summed E-state index contributed by atoms with van der Waals surface area (Å²) in [5.74, 6) is -9.77. The highest BCUT2D eigenvalue weighted by molar-refractivity contribution is 7.94. The Morgan fingerprint density at radius 1 is 1.20 bits per heavy atom. The van der Waals surface area contributed by atoms with Crippen molar-refractivity contribution in [1.29, 1.82) is 0 Å². The van der Waals surface area contributed by atoms with E-state index in [9.17, 15) is 36.0 Å². The molecule has 4 aliphatic rings. The van der Waals surface area contributed by atoms with Gasteiger partial charge in [0.15, 0.2) is 0 Å². The molecular weight excluding hydrogens is 575 g/mol. The van der Waals surface area contributed by atoms with Crippen molar-refractivity contribution in [3.05, 3.63) is 46.8 Å². The van der Waals surface area contributed by atoms with Gasteiger partial charge in [-0.1, -0.05) is 0 Å². The van der Waals surface area contributed by atoms with Crippen molar-refractivity contribution in [2.45, 2.75) is 56.2 Å². The third-order valence-corrected chi connectivity index (χ3v) is 8.92. The van der Waals surface area contributed by atoms with Crippen LogP contribution in [0.4, 0.5) is 22.0 Å². The van der Waals surface area contributed by atoms with E-state index < -0.39 is 86.7 Å². The predicted octanol–water partition coefficient (Wildman–Crippen LogP) is 2.94. The van der Waals surface area contributed by atoms with Crippen molar-refractivity contribution in [1.82, 2.24) is 20.5 Å². The van der Waals surface area contributed by atoms with Gasteiger partial charge in [-0.15, -0.1) is 0 Å². The first-order valence-electron chi connectivity index (χ1n) is 13.0. The number of amides is 3. The summed E-state index contributed by atoms with van der Waals surface area (Å²) in [6.45, 7) is 0.314. The van der Waals surface area contributed by atoms with Crippen LogP contribution in [-0.2, 0) is 19.4 Å². The monoisotopic (exact) mass is 602 g/mol. The molecule has 4 heterocycles. The van der Waals surface area contributed by atoms with Gasteiger partial charge in [0, 0.05) is 36.6 Å². The molecule has 41 heavy (non-hydrogen) atoms. The summed E-state index contributed by atoms with van der Waals surface area (Å²) in [6.07, 6.45) is 0.618. The highest BCUT2D eigenvalue weighted by Gasteiger charge is 2.60. The van der Waals surface area contributed by atoms with E-state index in [4.69, 9.17) is 0 Å². The van der Waals surface area contributed by atoms with Gasteiger partial charge >= 0.3 is 0 Å². The van der Waals surface area contributed by atoms with E-state index in [1.807, 2.05) is 0 Å². The number of rotatable bonds is 7. The predicted molar refractivity (Wildman–Crippen MR) is 136 cm³/mol. The lowest BCUT2D eigenvalue weighted by Gasteiger charge is -2.53. The number of fused-ring (bicyclic) bond motifs is 4. The zero-order chi connectivity index (χ0) is 29.9. The molecule has 6 rings (SSSR count). The molecule has 1 aliphatic carbocycles. The molecule has 15 heteroatoms. The Morgan fingerprint density at radius 3 is 2.51 bits per heavy atom. The lowest BCUT2D eigenvalue weighted by Crippen LogP contribution is -2.68. The van der Waals surface area contributed by atoms with Gasteiger partial charge < -0.3 is 20.5 Å². The SMILES string of the molecule is CS(=O)(=O)/C(F)=C\[C@@H](C[C@@H]1CCNC1=O)NC(=O)[C@H]1[C@@H]2CC[C@@H](CC2(F)F)N1C(=O)c1cc2c(F)ccc(F)c2[nH]1. The van der Waals surface area contributed by atoms with E-state index >= 15 is 8.78 Å². The fourth-order valence-electron chi connectivity index (χ4n) is 6.10. The number of carbonyl (C=O) groups excluding carboxylic acids is 3. The normalized spacial score (nSPS) is 26.7. The quantitative estimate of drug-likeness (QED) is 0.420. The summed E-state index contributed by atoms with van der Waals surface area (Å²) >= 11 is 0. The molecule has 0 spiro atoms. The number of hydrogen-bond acceptors (Lipinski definition) is 5. The third-order valence-electron chi connectivity index (χ3n) is 8.07.